The highest BCUT2D eigenvalue weighted by Crippen LogP contribution is 2.27. The summed E-state index contributed by atoms with van der Waals surface area (Å²) in [5, 5.41) is 2.75. The number of benzene rings is 2. The number of para-hydroxylation sites is 1. The first-order chi connectivity index (χ1) is 10.2. The van der Waals surface area contributed by atoms with Gasteiger partial charge < -0.3 is 11.1 Å². The van der Waals surface area contributed by atoms with Gasteiger partial charge in [-0.2, -0.15) is 0 Å². The summed E-state index contributed by atoms with van der Waals surface area (Å²) in [6.45, 7) is 4.02. The molecule has 0 saturated heterocycles. The van der Waals surface area contributed by atoms with Crippen molar-refractivity contribution in [1.82, 2.24) is 5.32 Å². The molecule has 2 aromatic carbocycles. The molecule has 106 valence electrons. The summed E-state index contributed by atoms with van der Waals surface area (Å²) in [6, 6.07) is 17.2. The Morgan fingerprint density at radius 1 is 1.10 bits per heavy atom. The molecule has 2 rings (SSSR count). The van der Waals surface area contributed by atoms with Crippen molar-refractivity contribution in [2.24, 2.45) is 0 Å². The summed E-state index contributed by atoms with van der Waals surface area (Å²) < 4.78 is 0. The molecular weight excluding hydrogens is 260 g/mol. The largest absolute Gasteiger partial charge is 0.398 e. The zero-order valence-electron chi connectivity index (χ0n) is 11.8. The van der Waals surface area contributed by atoms with Crippen LogP contribution >= 0.6 is 0 Å². The lowest BCUT2D eigenvalue weighted by molar-refractivity contribution is -0.116. The number of anilines is 1. The summed E-state index contributed by atoms with van der Waals surface area (Å²) in [7, 11) is 0. The first-order valence-electron chi connectivity index (χ1n) is 6.73. The Labute approximate surface area is 124 Å². The van der Waals surface area contributed by atoms with Gasteiger partial charge in [-0.3, -0.25) is 4.79 Å². The summed E-state index contributed by atoms with van der Waals surface area (Å²) in [5.41, 5.74) is 9.28. The van der Waals surface area contributed by atoms with E-state index in [1.54, 1.807) is 12.2 Å². The van der Waals surface area contributed by atoms with Crippen molar-refractivity contribution in [1.29, 1.82) is 0 Å². The van der Waals surface area contributed by atoms with Gasteiger partial charge in [0.15, 0.2) is 0 Å². The Hall–Kier alpha value is -2.81. The highest BCUT2D eigenvalue weighted by atomic mass is 16.1. The standard InChI is InChI=1S/C18H18N2O/c1-2-12-20-18(21)13-16(14-8-4-3-5-9-14)15-10-6-7-11-17(15)19/h2-11,13H,1,12,19H2,(H,20,21)/b16-13-. The Morgan fingerprint density at radius 3 is 2.43 bits per heavy atom. The van der Waals surface area contributed by atoms with Crippen molar-refractivity contribution in [3.8, 4) is 0 Å². The van der Waals surface area contributed by atoms with Gasteiger partial charge in [-0.05, 0) is 17.2 Å². The third-order valence-electron chi connectivity index (χ3n) is 3.03. The quantitative estimate of drug-likeness (QED) is 0.502. The topological polar surface area (TPSA) is 55.1 Å². The smallest absolute Gasteiger partial charge is 0.244 e. The molecule has 3 N–H and O–H groups in total. The number of nitrogens with two attached hydrogens (primary N) is 1. The lowest BCUT2D eigenvalue weighted by Gasteiger charge is -2.11. The molecule has 0 unspecified atom stereocenters. The molecule has 0 fully saturated rings. The molecule has 0 aliphatic heterocycles. The second kappa shape index (κ2) is 7.10. The first kappa shape index (κ1) is 14.6. The summed E-state index contributed by atoms with van der Waals surface area (Å²) in [6.07, 6.45) is 3.22. The fourth-order valence-electron chi connectivity index (χ4n) is 2.03. The van der Waals surface area contributed by atoms with E-state index in [9.17, 15) is 4.79 Å². The van der Waals surface area contributed by atoms with Gasteiger partial charge in [0.2, 0.25) is 5.91 Å². The molecule has 0 aliphatic rings. The van der Waals surface area contributed by atoms with E-state index in [1.807, 2.05) is 54.6 Å². The van der Waals surface area contributed by atoms with Gasteiger partial charge in [0.1, 0.15) is 0 Å². The maximum atomic E-state index is 12.0. The number of nitrogens with one attached hydrogen (secondary N) is 1. The van der Waals surface area contributed by atoms with Crippen LogP contribution in [0.15, 0.2) is 73.3 Å². The molecule has 0 bridgehead atoms. The predicted octanol–water partition coefficient (Wildman–Crippen LogP) is 3.00. The van der Waals surface area contributed by atoms with Crippen LogP contribution in [0.25, 0.3) is 5.57 Å². The molecule has 3 nitrogen and oxygen atoms in total. The Bertz CT molecular complexity index is 660. The molecule has 3 heteroatoms. The van der Waals surface area contributed by atoms with Crippen molar-refractivity contribution in [2.45, 2.75) is 0 Å². The van der Waals surface area contributed by atoms with E-state index < -0.39 is 0 Å². The van der Waals surface area contributed by atoms with Gasteiger partial charge in [0.25, 0.3) is 0 Å². The zero-order chi connectivity index (χ0) is 15.1. The maximum absolute atomic E-state index is 12.0. The van der Waals surface area contributed by atoms with Crippen LogP contribution in [0.2, 0.25) is 0 Å². The van der Waals surface area contributed by atoms with E-state index >= 15 is 0 Å². The first-order valence-corrected chi connectivity index (χ1v) is 6.73. The van der Waals surface area contributed by atoms with Crippen LogP contribution in [0.4, 0.5) is 5.69 Å². The molecular formula is C18H18N2O. The SMILES string of the molecule is C=CCNC(=O)/C=C(/c1ccccc1)c1ccccc1N. The second-order valence-corrected chi connectivity index (χ2v) is 4.55. The summed E-state index contributed by atoms with van der Waals surface area (Å²) in [5.74, 6) is -0.169. The lowest BCUT2D eigenvalue weighted by Crippen LogP contribution is -2.21. The second-order valence-electron chi connectivity index (χ2n) is 4.55. The molecule has 0 heterocycles. The molecule has 0 aliphatic carbocycles. The van der Waals surface area contributed by atoms with Crippen LogP contribution in [-0.4, -0.2) is 12.5 Å². The number of amides is 1. The fraction of sp³-hybridized carbons (Fsp3) is 0.0556. The minimum atomic E-state index is -0.169. The van der Waals surface area contributed by atoms with E-state index in [4.69, 9.17) is 5.73 Å². The lowest BCUT2D eigenvalue weighted by atomic mass is 9.96. The minimum absolute atomic E-state index is 0.169. The number of nitrogen functional groups attached to an aromatic ring is 1. The Kier molecular flexibility index (Phi) is 4.94. The molecule has 0 atom stereocenters. The van der Waals surface area contributed by atoms with Crippen molar-refractivity contribution < 1.29 is 4.79 Å². The number of hydrogen-bond acceptors (Lipinski definition) is 2. The molecule has 0 saturated carbocycles. The third-order valence-corrected chi connectivity index (χ3v) is 3.03. The van der Waals surface area contributed by atoms with Crippen LogP contribution in [-0.2, 0) is 4.79 Å². The van der Waals surface area contributed by atoms with Crippen molar-refractivity contribution in [3.63, 3.8) is 0 Å². The molecule has 21 heavy (non-hydrogen) atoms. The normalized spacial score (nSPS) is 11.0. The third kappa shape index (κ3) is 3.83. The van der Waals surface area contributed by atoms with Crippen LogP contribution in [0.1, 0.15) is 11.1 Å². The fourth-order valence-corrected chi connectivity index (χ4v) is 2.03. The summed E-state index contributed by atoms with van der Waals surface area (Å²) >= 11 is 0. The number of rotatable bonds is 5. The Morgan fingerprint density at radius 2 is 1.76 bits per heavy atom. The summed E-state index contributed by atoms with van der Waals surface area (Å²) in [4.78, 5) is 12.0. The molecule has 2 aromatic rings. The van der Waals surface area contributed by atoms with Gasteiger partial charge in [-0.15, -0.1) is 6.58 Å². The number of carbonyl (C=O) groups excluding carboxylic acids is 1. The van der Waals surface area contributed by atoms with Gasteiger partial charge in [-0.1, -0.05) is 54.6 Å². The van der Waals surface area contributed by atoms with Crippen LogP contribution in [0, 0.1) is 0 Å². The molecule has 0 aromatic heterocycles. The number of hydrogen-bond donors (Lipinski definition) is 2. The van der Waals surface area contributed by atoms with E-state index in [0.717, 1.165) is 16.7 Å². The highest BCUT2D eigenvalue weighted by molar-refractivity contribution is 6.00. The average Bonchev–Trinajstić information content (AvgIpc) is 2.52. The van der Waals surface area contributed by atoms with Crippen LogP contribution < -0.4 is 11.1 Å². The van der Waals surface area contributed by atoms with Crippen molar-refractivity contribution in [3.05, 3.63) is 84.5 Å². The van der Waals surface area contributed by atoms with E-state index in [-0.39, 0.29) is 5.91 Å². The molecule has 0 spiro atoms. The molecule has 0 radical (unpaired) electrons. The van der Waals surface area contributed by atoms with E-state index in [0.29, 0.717) is 12.2 Å². The van der Waals surface area contributed by atoms with Crippen LogP contribution in [0.5, 0.6) is 0 Å². The van der Waals surface area contributed by atoms with Gasteiger partial charge in [-0.25, -0.2) is 0 Å². The zero-order valence-corrected chi connectivity index (χ0v) is 11.8. The number of carbonyl (C=O) groups is 1. The van der Waals surface area contributed by atoms with Crippen LogP contribution in [0.3, 0.4) is 0 Å². The van der Waals surface area contributed by atoms with E-state index in [1.165, 1.54) is 0 Å². The molecule has 1 amide bonds. The Balaban J connectivity index is 2.45. The monoisotopic (exact) mass is 278 g/mol. The van der Waals surface area contributed by atoms with Gasteiger partial charge >= 0.3 is 0 Å². The van der Waals surface area contributed by atoms with Gasteiger partial charge in [0, 0.05) is 23.9 Å². The van der Waals surface area contributed by atoms with Gasteiger partial charge in [0.05, 0.1) is 0 Å². The van der Waals surface area contributed by atoms with Crippen molar-refractivity contribution >= 4 is 17.2 Å². The highest BCUT2D eigenvalue weighted by Gasteiger charge is 2.09. The maximum Gasteiger partial charge on any atom is 0.244 e. The average molecular weight is 278 g/mol. The van der Waals surface area contributed by atoms with E-state index in [2.05, 4.69) is 11.9 Å². The minimum Gasteiger partial charge on any atom is -0.398 e. The predicted molar refractivity (Wildman–Crippen MR) is 87.6 cm³/mol. The van der Waals surface area contributed by atoms with Crippen molar-refractivity contribution in [2.75, 3.05) is 12.3 Å².